The highest BCUT2D eigenvalue weighted by Gasteiger charge is 2.30. The third-order valence-corrected chi connectivity index (χ3v) is 6.48. The number of carbonyl (C=O) groups is 1. The summed E-state index contributed by atoms with van der Waals surface area (Å²) in [6.45, 7) is 29.6. The molecule has 1 unspecified atom stereocenters. The molecule has 2 rings (SSSR count). The first-order valence-corrected chi connectivity index (χ1v) is 14.6. The molecule has 0 saturated heterocycles. The van der Waals surface area contributed by atoms with Gasteiger partial charge in [0.05, 0.1) is 6.04 Å². The van der Waals surface area contributed by atoms with Crippen molar-refractivity contribution in [1.82, 2.24) is 4.90 Å². The fraction of sp³-hybridized carbons (Fsp3) is 0.486. The van der Waals surface area contributed by atoms with Crippen molar-refractivity contribution < 1.29 is 4.79 Å². The molecule has 2 heteroatoms. The number of nitrogens with zero attached hydrogens (tertiary/aromatic N) is 1. The lowest BCUT2D eigenvalue weighted by atomic mass is 9.86. The molecule has 2 aromatic carbocycles. The lowest BCUT2D eigenvalue weighted by Crippen LogP contribution is -2.42. The van der Waals surface area contributed by atoms with Crippen molar-refractivity contribution in [2.75, 3.05) is 6.54 Å². The molecule has 0 spiro atoms. The van der Waals surface area contributed by atoms with Gasteiger partial charge in [0, 0.05) is 12.0 Å². The van der Waals surface area contributed by atoms with Gasteiger partial charge in [-0.15, -0.1) is 0 Å². The molecule has 216 valence electrons. The van der Waals surface area contributed by atoms with Gasteiger partial charge in [0.1, 0.15) is 0 Å². The van der Waals surface area contributed by atoms with E-state index in [2.05, 4.69) is 96.7 Å². The van der Waals surface area contributed by atoms with Crippen molar-refractivity contribution in [2.24, 2.45) is 5.41 Å². The van der Waals surface area contributed by atoms with Crippen LogP contribution in [0.25, 0.3) is 0 Å². The highest BCUT2D eigenvalue weighted by molar-refractivity contribution is 5.82. The van der Waals surface area contributed by atoms with Crippen LogP contribution in [0.5, 0.6) is 0 Å². The van der Waals surface area contributed by atoms with Gasteiger partial charge in [-0.05, 0) is 55.7 Å². The zero-order valence-electron chi connectivity index (χ0n) is 27.2. The molecule has 0 N–H and O–H groups in total. The summed E-state index contributed by atoms with van der Waals surface area (Å²) in [4.78, 5) is 15.3. The van der Waals surface area contributed by atoms with Gasteiger partial charge in [0.25, 0.3) is 0 Å². The quantitative estimate of drug-likeness (QED) is 0.310. The average molecular weight is 532 g/mol. The summed E-state index contributed by atoms with van der Waals surface area (Å²) in [5, 5.41) is 0. The SMILES string of the molecule is C=C(/C=C\C=C/C)CC.CC.Cc1ccc(CCN(C(=O)C(C)(C)C)C(C)c2ccc(C(C)(C)C)cc2)cc1. The molecule has 1 amide bonds. The van der Waals surface area contributed by atoms with E-state index in [0.717, 1.165) is 19.4 Å². The number of allylic oxidation sites excluding steroid dienone is 5. The first kappa shape index (κ1) is 36.1. The van der Waals surface area contributed by atoms with Crippen molar-refractivity contribution in [2.45, 2.75) is 107 Å². The van der Waals surface area contributed by atoms with Gasteiger partial charge >= 0.3 is 0 Å². The third-order valence-electron chi connectivity index (χ3n) is 6.48. The lowest BCUT2D eigenvalue weighted by molar-refractivity contribution is -0.141. The fourth-order valence-electron chi connectivity index (χ4n) is 3.77. The molecule has 0 aliphatic heterocycles. The first-order chi connectivity index (χ1) is 18.2. The van der Waals surface area contributed by atoms with Crippen molar-refractivity contribution in [1.29, 1.82) is 0 Å². The highest BCUT2D eigenvalue weighted by Crippen LogP contribution is 2.29. The van der Waals surface area contributed by atoms with E-state index in [9.17, 15) is 4.79 Å². The maximum Gasteiger partial charge on any atom is 0.228 e. The molecule has 2 nitrogen and oxygen atoms in total. The van der Waals surface area contributed by atoms with Crippen molar-refractivity contribution in [3.63, 3.8) is 0 Å². The van der Waals surface area contributed by atoms with E-state index in [1.54, 1.807) is 0 Å². The van der Waals surface area contributed by atoms with Crippen molar-refractivity contribution >= 4 is 5.91 Å². The number of rotatable bonds is 8. The number of carbonyl (C=O) groups excluding carboxylic acids is 1. The van der Waals surface area contributed by atoms with Gasteiger partial charge in [-0.3, -0.25) is 4.79 Å². The summed E-state index contributed by atoms with van der Waals surface area (Å²) >= 11 is 0. The van der Waals surface area contributed by atoms with Crippen LogP contribution < -0.4 is 0 Å². The summed E-state index contributed by atoms with van der Waals surface area (Å²) in [6.07, 6.45) is 9.94. The zero-order valence-corrected chi connectivity index (χ0v) is 27.2. The zero-order chi connectivity index (χ0) is 30.2. The molecule has 0 saturated carbocycles. The van der Waals surface area contributed by atoms with Gasteiger partial charge < -0.3 is 4.90 Å². The summed E-state index contributed by atoms with van der Waals surface area (Å²) in [7, 11) is 0. The Hall–Kier alpha value is -2.87. The molecule has 1 atom stereocenters. The molecular formula is C37H57NO. The molecule has 0 aliphatic carbocycles. The van der Waals surface area contributed by atoms with Gasteiger partial charge in [0.15, 0.2) is 0 Å². The second kappa shape index (κ2) is 17.7. The Kier molecular flexibility index (Phi) is 16.4. The molecule has 0 bridgehead atoms. The fourth-order valence-corrected chi connectivity index (χ4v) is 3.77. The maximum atomic E-state index is 13.2. The summed E-state index contributed by atoms with van der Waals surface area (Å²) in [5.41, 5.74) is 5.95. The van der Waals surface area contributed by atoms with Crippen LogP contribution in [-0.4, -0.2) is 17.4 Å². The number of hydrogen-bond donors (Lipinski definition) is 0. The second-order valence-electron chi connectivity index (χ2n) is 11.9. The predicted molar refractivity (Wildman–Crippen MR) is 174 cm³/mol. The topological polar surface area (TPSA) is 20.3 Å². The van der Waals surface area contributed by atoms with Crippen LogP contribution in [-0.2, 0) is 16.6 Å². The lowest BCUT2D eigenvalue weighted by Gasteiger charge is -2.35. The van der Waals surface area contributed by atoms with Crippen LogP contribution in [0, 0.1) is 12.3 Å². The monoisotopic (exact) mass is 531 g/mol. The van der Waals surface area contributed by atoms with Gasteiger partial charge in [0.2, 0.25) is 5.91 Å². The average Bonchev–Trinajstić information content (AvgIpc) is 2.90. The molecule has 2 aromatic rings. The predicted octanol–water partition coefficient (Wildman–Crippen LogP) is 10.6. The minimum Gasteiger partial charge on any atom is -0.335 e. The van der Waals surface area contributed by atoms with E-state index < -0.39 is 5.41 Å². The van der Waals surface area contributed by atoms with Gasteiger partial charge in [-0.2, -0.15) is 0 Å². The minimum atomic E-state index is -0.396. The Morgan fingerprint density at radius 3 is 1.90 bits per heavy atom. The smallest absolute Gasteiger partial charge is 0.228 e. The summed E-state index contributed by atoms with van der Waals surface area (Å²) in [5.74, 6) is 0.201. The maximum absolute atomic E-state index is 13.2. The Morgan fingerprint density at radius 1 is 0.923 bits per heavy atom. The van der Waals surface area contributed by atoms with Crippen molar-refractivity contribution in [3.05, 3.63) is 107 Å². The Labute approximate surface area is 241 Å². The Balaban J connectivity index is 0.00000111. The molecular weight excluding hydrogens is 474 g/mol. The number of amides is 1. The molecule has 0 radical (unpaired) electrons. The number of hydrogen-bond acceptors (Lipinski definition) is 1. The molecule has 0 aliphatic rings. The van der Waals surface area contributed by atoms with Gasteiger partial charge in [-0.25, -0.2) is 0 Å². The van der Waals surface area contributed by atoms with E-state index in [-0.39, 0.29) is 17.4 Å². The third kappa shape index (κ3) is 13.7. The van der Waals surface area contributed by atoms with Crippen molar-refractivity contribution in [3.8, 4) is 0 Å². The van der Waals surface area contributed by atoms with Crippen LogP contribution in [0.3, 0.4) is 0 Å². The minimum absolute atomic E-state index is 0.0474. The largest absolute Gasteiger partial charge is 0.335 e. The van der Waals surface area contributed by atoms with Crippen LogP contribution in [0.1, 0.15) is 111 Å². The number of aryl methyl sites for hydroxylation is 1. The van der Waals surface area contributed by atoms with Crippen LogP contribution in [0.2, 0.25) is 0 Å². The summed E-state index contributed by atoms with van der Waals surface area (Å²) < 4.78 is 0. The van der Waals surface area contributed by atoms with Crippen LogP contribution in [0.4, 0.5) is 0 Å². The van der Waals surface area contributed by atoms with Crippen LogP contribution in [0.15, 0.2) is 85.0 Å². The Bertz CT molecular complexity index is 1020. The van der Waals surface area contributed by atoms with E-state index in [4.69, 9.17) is 0 Å². The van der Waals surface area contributed by atoms with E-state index >= 15 is 0 Å². The Morgan fingerprint density at radius 2 is 1.46 bits per heavy atom. The first-order valence-electron chi connectivity index (χ1n) is 14.6. The normalized spacial score (nSPS) is 12.3. The van der Waals surface area contributed by atoms with E-state index in [0.29, 0.717) is 0 Å². The molecule has 0 aromatic heterocycles. The van der Waals surface area contributed by atoms with E-state index in [1.165, 1.54) is 27.8 Å². The second-order valence-corrected chi connectivity index (χ2v) is 11.9. The van der Waals surface area contributed by atoms with E-state index in [1.807, 2.05) is 70.7 Å². The van der Waals surface area contributed by atoms with Gasteiger partial charge in [-0.1, -0.05) is 153 Å². The van der Waals surface area contributed by atoms with Crippen LogP contribution >= 0.6 is 0 Å². The highest BCUT2D eigenvalue weighted by atomic mass is 16.2. The summed E-state index contributed by atoms with van der Waals surface area (Å²) in [6, 6.07) is 17.4. The molecule has 0 heterocycles. The standard InChI is InChI=1S/C26H37NO.C9H14.C2H6/c1-19-9-11-21(12-10-19)17-18-27(24(28)26(6,7)8)20(2)22-13-15-23(16-14-22)25(3,4)5;1-4-6-7-8-9(3)5-2;1-2/h9-16,20H,17-18H2,1-8H3;4,6-8H,3,5H2,1-2H3;1-2H3/b;6-4-,8-7-;. The molecule has 0 fully saturated rings. The number of benzene rings is 2. The molecule has 39 heavy (non-hydrogen) atoms.